The van der Waals surface area contributed by atoms with Gasteiger partial charge in [-0.15, -0.1) is 11.3 Å². The predicted octanol–water partition coefficient (Wildman–Crippen LogP) is 17.6. The van der Waals surface area contributed by atoms with E-state index in [-0.39, 0.29) is 45.0 Å². The van der Waals surface area contributed by atoms with Crippen molar-refractivity contribution in [2.24, 2.45) is 0 Å². The molecule has 0 aliphatic carbocycles. The standard InChI is InChI=1S/C75H39N11S/c1-44-61(74-82-40-55(41-83-74)62-51(36-78)30-45(34-76)31-52(62)37-79)70(75-84-42-56(43-85-75)63-53(38-80)32-46(35-77)33-54(63)39-81)71(86-59-28-16-14-26-57(59)58-27-15-17-29-60(58)86)69-68-66(49-22-10-4-11-23-49)64(47-18-6-2-7-19-47)65(48-20-8-3-9-21-48)67(73(68)87-72(44)69)50-24-12-5-13-25-50/h2-33,40-43H,1H3. The highest BCUT2D eigenvalue weighted by Crippen LogP contribution is 2.59. The van der Waals surface area contributed by atoms with Gasteiger partial charge in [0.2, 0.25) is 0 Å². The van der Waals surface area contributed by atoms with Gasteiger partial charge >= 0.3 is 0 Å². The summed E-state index contributed by atoms with van der Waals surface area (Å²) in [5.41, 5.74) is 15.0. The second-order valence-corrected chi connectivity index (χ2v) is 21.7. The van der Waals surface area contributed by atoms with Crippen molar-refractivity contribution in [1.82, 2.24) is 24.5 Å². The van der Waals surface area contributed by atoms with Gasteiger partial charge in [-0.1, -0.05) is 158 Å². The Balaban J connectivity index is 1.23. The number of aryl methyl sites for hydroxylation is 1. The van der Waals surface area contributed by atoms with Crippen LogP contribution in [0.1, 0.15) is 38.9 Å². The molecule has 10 aromatic carbocycles. The monoisotopic (exact) mass is 1130 g/mol. The Labute approximate surface area is 503 Å². The molecule has 0 amide bonds. The fourth-order valence-corrected chi connectivity index (χ4v) is 13.8. The van der Waals surface area contributed by atoms with E-state index in [0.29, 0.717) is 33.4 Å². The Kier molecular flexibility index (Phi) is 13.0. The van der Waals surface area contributed by atoms with E-state index in [1.165, 1.54) is 24.3 Å². The third kappa shape index (κ3) is 8.51. The summed E-state index contributed by atoms with van der Waals surface area (Å²) in [4.78, 5) is 20.9. The molecule has 0 spiro atoms. The van der Waals surface area contributed by atoms with Crippen LogP contribution in [-0.2, 0) is 0 Å². The van der Waals surface area contributed by atoms with Crippen LogP contribution < -0.4 is 0 Å². The number of aromatic nitrogens is 5. The first kappa shape index (κ1) is 52.4. The number of nitrogens with zero attached hydrogens (tertiary/aromatic N) is 11. The van der Waals surface area contributed by atoms with Crippen LogP contribution >= 0.6 is 11.3 Å². The maximum absolute atomic E-state index is 10.5. The average Bonchev–Trinajstić information content (AvgIpc) is 1.63. The molecule has 0 bridgehead atoms. The largest absolute Gasteiger partial charge is 0.308 e. The summed E-state index contributed by atoms with van der Waals surface area (Å²) in [7, 11) is 0. The van der Waals surface area contributed by atoms with Gasteiger partial charge in [-0.25, -0.2) is 19.9 Å². The minimum Gasteiger partial charge on any atom is -0.308 e. The Morgan fingerprint density at radius 3 is 1.09 bits per heavy atom. The molecule has 0 N–H and O–H groups in total. The number of hydrogen-bond acceptors (Lipinski definition) is 11. The number of thiophene rings is 1. The summed E-state index contributed by atoms with van der Waals surface area (Å²) in [5, 5.41) is 65.5. The van der Waals surface area contributed by atoms with Gasteiger partial charge in [0.15, 0.2) is 11.6 Å². The Hall–Kier alpha value is -12.7. The fourth-order valence-electron chi connectivity index (χ4n) is 12.4. The molecule has 0 saturated carbocycles. The van der Waals surface area contributed by atoms with Crippen LogP contribution in [-0.4, -0.2) is 24.5 Å². The second kappa shape index (κ2) is 21.6. The zero-order chi connectivity index (χ0) is 59.3. The molecule has 12 heteroatoms. The number of fused-ring (bicyclic) bond motifs is 6. The molecule has 0 radical (unpaired) electrons. The molecule has 4 aromatic heterocycles. The summed E-state index contributed by atoms with van der Waals surface area (Å²) in [6.45, 7) is 2.08. The van der Waals surface area contributed by atoms with E-state index >= 15 is 0 Å². The van der Waals surface area contributed by atoms with E-state index in [4.69, 9.17) is 19.9 Å². The maximum atomic E-state index is 10.5. The quantitative estimate of drug-likeness (QED) is 0.134. The summed E-state index contributed by atoms with van der Waals surface area (Å²) in [6, 6.07) is 77.7. The summed E-state index contributed by atoms with van der Waals surface area (Å²) >= 11 is 1.70. The predicted molar refractivity (Wildman–Crippen MR) is 341 cm³/mol. The van der Waals surface area contributed by atoms with Crippen molar-refractivity contribution in [2.75, 3.05) is 0 Å². The molecule has 87 heavy (non-hydrogen) atoms. The molecule has 0 saturated heterocycles. The number of para-hydroxylation sites is 2. The minimum atomic E-state index is 0.122. The molecule has 11 nitrogen and oxygen atoms in total. The van der Waals surface area contributed by atoms with Crippen LogP contribution in [0.4, 0.5) is 0 Å². The number of rotatable bonds is 9. The first-order valence-electron chi connectivity index (χ1n) is 27.6. The van der Waals surface area contributed by atoms with Gasteiger partial charge < -0.3 is 4.57 Å². The molecule has 0 aliphatic heterocycles. The van der Waals surface area contributed by atoms with Crippen molar-refractivity contribution in [3.8, 4) is 132 Å². The van der Waals surface area contributed by atoms with Crippen LogP contribution in [0.5, 0.6) is 0 Å². The first-order valence-corrected chi connectivity index (χ1v) is 28.4. The lowest BCUT2D eigenvalue weighted by Gasteiger charge is -2.24. The van der Waals surface area contributed by atoms with Gasteiger partial charge in [-0.3, -0.25) is 0 Å². The zero-order valence-corrected chi connectivity index (χ0v) is 46.9. The molecule has 0 unspecified atom stereocenters. The van der Waals surface area contributed by atoms with Crippen LogP contribution in [0.2, 0.25) is 0 Å². The van der Waals surface area contributed by atoms with Gasteiger partial charge in [0, 0.05) is 89.1 Å². The van der Waals surface area contributed by atoms with Gasteiger partial charge in [0.05, 0.1) is 92.1 Å². The lowest BCUT2D eigenvalue weighted by atomic mass is 9.80. The number of nitriles is 6. The van der Waals surface area contributed by atoms with E-state index in [1.54, 1.807) is 36.1 Å². The highest BCUT2D eigenvalue weighted by atomic mass is 32.1. The number of hydrogen-bond donors (Lipinski definition) is 0. The minimum absolute atomic E-state index is 0.122. The molecule has 0 atom stereocenters. The number of benzene rings is 10. The molecule has 14 aromatic rings. The van der Waals surface area contributed by atoms with E-state index in [1.807, 2.05) is 48.5 Å². The third-order valence-corrected chi connectivity index (χ3v) is 17.3. The Morgan fingerprint density at radius 2 is 0.690 bits per heavy atom. The van der Waals surface area contributed by atoms with Gasteiger partial charge in [0.1, 0.15) is 0 Å². The summed E-state index contributed by atoms with van der Waals surface area (Å²) in [5.74, 6) is 0.561. The molecule has 14 rings (SSSR count). The molecule has 4 heterocycles. The van der Waals surface area contributed by atoms with Gasteiger partial charge in [-0.2, -0.15) is 31.6 Å². The van der Waals surface area contributed by atoms with Crippen molar-refractivity contribution >= 4 is 53.3 Å². The van der Waals surface area contributed by atoms with Crippen LogP contribution in [0, 0.1) is 74.9 Å². The lowest BCUT2D eigenvalue weighted by Crippen LogP contribution is -2.06. The fraction of sp³-hybridized carbons (Fsp3) is 0.0133. The smallest absolute Gasteiger partial charge is 0.162 e. The van der Waals surface area contributed by atoms with Gasteiger partial charge in [0.25, 0.3) is 0 Å². The van der Waals surface area contributed by atoms with E-state index in [9.17, 15) is 31.6 Å². The maximum Gasteiger partial charge on any atom is 0.162 e. The van der Waals surface area contributed by atoms with Crippen molar-refractivity contribution < 1.29 is 0 Å². The SMILES string of the molecule is Cc1c(-c2ncc(-c3c(C#N)cc(C#N)cc3C#N)cn2)c(-c2ncc(-c3c(C#N)cc(C#N)cc3C#N)cn2)c(-n2c3ccccc3c3ccccc32)c2c1sc1c(-c3ccccc3)c(-c3ccccc3)c(-c3ccccc3)c(-c3ccccc3)c12. The first-order chi connectivity index (χ1) is 42.9. The second-order valence-electron chi connectivity index (χ2n) is 20.7. The molecule has 0 fully saturated rings. The average molecular weight is 1130 g/mol. The van der Waals surface area contributed by atoms with Crippen molar-refractivity contribution in [3.63, 3.8) is 0 Å². The zero-order valence-electron chi connectivity index (χ0n) is 46.1. The topological polar surface area (TPSA) is 199 Å². The summed E-state index contributed by atoms with van der Waals surface area (Å²) < 4.78 is 4.27. The highest BCUT2D eigenvalue weighted by molar-refractivity contribution is 7.27. The molecular formula is C75H39N11S. The molecular weight excluding hydrogens is 1090 g/mol. The Morgan fingerprint density at radius 1 is 0.333 bits per heavy atom. The van der Waals surface area contributed by atoms with E-state index in [0.717, 1.165) is 97.7 Å². The summed E-state index contributed by atoms with van der Waals surface area (Å²) in [6.07, 6.45) is 6.43. The normalized spacial score (nSPS) is 11.0. The highest BCUT2D eigenvalue weighted by Gasteiger charge is 2.34. The van der Waals surface area contributed by atoms with E-state index in [2.05, 4.69) is 169 Å². The molecule has 0 aliphatic rings. The third-order valence-electron chi connectivity index (χ3n) is 16.0. The van der Waals surface area contributed by atoms with Crippen LogP contribution in [0.3, 0.4) is 0 Å². The van der Waals surface area contributed by atoms with Crippen LogP contribution in [0.25, 0.3) is 137 Å². The Bertz CT molecular complexity index is 5320. The van der Waals surface area contributed by atoms with Crippen molar-refractivity contribution in [2.45, 2.75) is 6.92 Å². The van der Waals surface area contributed by atoms with Crippen molar-refractivity contribution in [1.29, 1.82) is 31.6 Å². The molecule has 400 valence electrons. The van der Waals surface area contributed by atoms with Crippen LogP contribution in [0.15, 0.2) is 219 Å². The van der Waals surface area contributed by atoms with Gasteiger partial charge in [-0.05, 0) is 87.8 Å². The van der Waals surface area contributed by atoms with Crippen molar-refractivity contribution in [3.05, 3.63) is 258 Å². The lowest BCUT2D eigenvalue weighted by molar-refractivity contribution is 1.12. The van der Waals surface area contributed by atoms with E-state index < -0.39 is 0 Å².